The van der Waals surface area contributed by atoms with Gasteiger partial charge >= 0.3 is 0 Å². The molecular weight excluding hydrogens is 246 g/mol. The van der Waals surface area contributed by atoms with Crippen LogP contribution < -0.4 is 5.73 Å². The van der Waals surface area contributed by atoms with Gasteiger partial charge in [0.15, 0.2) is 0 Å². The standard InChI is InChI=1S/C10H14BrNS/c11-8-5-10(13-6-8)9(12)4-7-2-1-3-7/h5-7,9H,1-4,12H2. The maximum atomic E-state index is 6.11. The van der Waals surface area contributed by atoms with E-state index in [1.165, 1.54) is 30.6 Å². The molecule has 1 nitrogen and oxygen atoms in total. The topological polar surface area (TPSA) is 26.0 Å². The molecule has 1 fully saturated rings. The Balaban J connectivity index is 1.92. The minimum Gasteiger partial charge on any atom is -0.323 e. The summed E-state index contributed by atoms with van der Waals surface area (Å²) in [5, 5.41) is 2.11. The molecule has 1 aromatic heterocycles. The summed E-state index contributed by atoms with van der Waals surface area (Å²) in [5.41, 5.74) is 6.11. The Hall–Kier alpha value is 0.140. The first-order valence-corrected chi connectivity index (χ1v) is 6.42. The van der Waals surface area contributed by atoms with Crippen molar-refractivity contribution in [3.8, 4) is 0 Å². The molecule has 0 bridgehead atoms. The van der Waals surface area contributed by atoms with Crippen molar-refractivity contribution in [1.82, 2.24) is 0 Å². The fourth-order valence-electron chi connectivity index (χ4n) is 1.73. The molecule has 1 unspecified atom stereocenters. The summed E-state index contributed by atoms with van der Waals surface area (Å²) in [6.07, 6.45) is 5.36. The lowest BCUT2D eigenvalue weighted by molar-refractivity contribution is 0.278. The molecule has 13 heavy (non-hydrogen) atoms. The number of rotatable bonds is 3. The van der Waals surface area contributed by atoms with Crippen molar-refractivity contribution in [1.29, 1.82) is 0 Å². The van der Waals surface area contributed by atoms with Crippen molar-refractivity contribution in [2.24, 2.45) is 11.7 Å². The molecule has 0 amide bonds. The van der Waals surface area contributed by atoms with Crippen LogP contribution in [0.3, 0.4) is 0 Å². The van der Waals surface area contributed by atoms with Gasteiger partial charge in [-0.15, -0.1) is 11.3 Å². The van der Waals surface area contributed by atoms with Gasteiger partial charge in [0, 0.05) is 20.8 Å². The zero-order valence-corrected chi connectivity index (χ0v) is 9.90. The van der Waals surface area contributed by atoms with Gasteiger partial charge in [-0.3, -0.25) is 0 Å². The van der Waals surface area contributed by atoms with Crippen LogP contribution in [0.15, 0.2) is 15.9 Å². The van der Waals surface area contributed by atoms with Crippen LogP contribution in [-0.4, -0.2) is 0 Å². The molecule has 1 aromatic rings. The highest BCUT2D eigenvalue weighted by molar-refractivity contribution is 9.10. The maximum Gasteiger partial charge on any atom is 0.0392 e. The van der Waals surface area contributed by atoms with Gasteiger partial charge in [0.2, 0.25) is 0 Å². The van der Waals surface area contributed by atoms with E-state index >= 15 is 0 Å². The second kappa shape index (κ2) is 4.11. The van der Waals surface area contributed by atoms with E-state index in [-0.39, 0.29) is 6.04 Å². The zero-order chi connectivity index (χ0) is 9.26. The molecule has 1 aliphatic carbocycles. The van der Waals surface area contributed by atoms with Crippen LogP contribution in [0.1, 0.15) is 36.6 Å². The van der Waals surface area contributed by atoms with E-state index in [2.05, 4.69) is 27.4 Å². The molecule has 1 aliphatic rings. The summed E-state index contributed by atoms with van der Waals surface area (Å²) >= 11 is 5.21. The van der Waals surface area contributed by atoms with Gasteiger partial charge in [-0.1, -0.05) is 19.3 Å². The maximum absolute atomic E-state index is 6.11. The van der Waals surface area contributed by atoms with Crippen LogP contribution in [-0.2, 0) is 0 Å². The summed E-state index contributed by atoms with van der Waals surface area (Å²) < 4.78 is 1.16. The molecule has 3 heteroatoms. The average Bonchev–Trinajstić information content (AvgIpc) is 2.44. The predicted octanol–water partition coefficient (Wildman–Crippen LogP) is 3.70. The van der Waals surface area contributed by atoms with Gasteiger partial charge in [0.1, 0.15) is 0 Å². The highest BCUT2D eigenvalue weighted by Gasteiger charge is 2.21. The Labute approximate surface area is 91.5 Å². The highest BCUT2D eigenvalue weighted by Crippen LogP contribution is 2.35. The van der Waals surface area contributed by atoms with Gasteiger partial charge < -0.3 is 5.73 Å². The summed E-state index contributed by atoms with van der Waals surface area (Å²) in [4.78, 5) is 1.32. The number of halogens is 1. The van der Waals surface area contributed by atoms with Gasteiger partial charge in [-0.05, 0) is 34.3 Å². The normalized spacial score (nSPS) is 19.8. The SMILES string of the molecule is NC(CC1CCC1)c1cc(Br)cs1. The number of hydrogen-bond acceptors (Lipinski definition) is 2. The van der Waals surface area contributed by atoms with E-state index < -0.39 is 0 Å². The molecule has 1 saturated carbocycles. The first kappa shape index (κ1) is 9.69. The third-order valence-electron chi connectivity index (χ3n) is 2.77. The minimum atomic E-state index is 0.265. The van der Waals surface area contributed by atoms with E-state index in [9.17, 15) is 0 Å². The van der Waals surface area contributed by atoms with E-state index in [0.717, 1.165) is 10.4 Å². The Kier molecular flexibility index (Phi) is 3.06. The summed E-state index contributed by atoms with van der Waals surface area (Å²) in [6.45, 7) is 0. The molecule has 1 heterocycles. The van der Waals surface area contributed by atoms with Crippen molar-refractivity contribution in [2.45, 2.75) is 31.7 Å². The molecule has 1 atom stereocenters. The zero-order valence-electron chi connectivity index (χ0n) is 7.50. The Morgan fingerprint density at radius 1 is 1.62 bits per heavy atom. The van der Waals surface area contributed by atoms with Crippen molar-refractivity contribution in [3.05, 3.63) is 20.8 Å². The third kappa shape index (κ3) is 2.33. The molecule has 2 rings (SSSR count). The number of thiophene rings is 1. The first-order valence-electron chi connectivity index (χ1n) is 4.75. The molecule has 2 N–H and O–H groups in total. The lowest BCUT2D eigenvalue weighted by Gasteiger charge is -2.27. The predicted molar refractivity (Wildman–Crippen MR) is 60.9 cm³/mol. The smallest absolute Gasteiger partial charge is 0.0392 e. The van der Waals surface area contributed by atoms with Gasteiger partial charge in [0.25, 0.3) is 0 Å². The van der Waals surface area contributed by atoms with Gasteiger partial charge in [-0.2, -0.15) is 0 Å². The summed E-state index contributed by atoms with van der Waals surface area (Å²) in [5.74, 6) is 0.899. The van der Waals surface area contributed by atoms with Crippen LogP contribution in [0.2, 0.25) is 0 Å². The molecule has 0 spiro atoms. The molecule has 0 radical (unpaired) electrons. The second-order valence-electron chi connectivity index (χ2n) is 3.81. The summed E-state index contributed by atoms with van der Waals surface area (Å²) in [6, 6.07) is 2.41. The largest absolute Gasteiger partial charge is 0.323 e. The third-order valence-corrected chi connectivity index (χ3v) is 4.59. The Morgan fingerprint density at radius 2 is 2.38 bits per heavy atom. The molecular formula is C10H14BrNS. The van der Waals surface area contributed by atoms with Crippen LogP contribution in [0.4, 0.5) is 0 Å². The van der Waals surface area contributed by atoms with Crippen LogP contribution in [0.25, 0.3) is 0 Å². The molecule has 0 aliphatic heterocycles. The van der Waals surface area contributed by atoms with Crippen molar-refractivity contribution in [2.75, 3.05) is 0 Å². The highest BCUT2D eigenvalue weighted by atomic mass is 79.9. The molecule has 72 valence electrons. The lowest BCUT2D eigenvalue weighted by atomic mass is 9.81. The van der Waals surface area contributed by atoms with Crippen molar-refractivity contribution < 1.29 is 0 Å². The van der Waals surface area contributed by atoms with Crippen LogP contribution >= 0.6 is 27.3 Å². The van der Waals surface area contributed by atoms with Crippen LogP contribution in [0.5, 0.6) is 0 Å². The Bertz CT molecular complexity index is 280. The van der Waals surface area contributed by atoms with Gasteiger partial charge in [0.05, 0.1) is 0 Å². The van der Waals surface area contributed by atoms with Gasteiger partial charge in [-0.25, -0.2) is 0 Å². The van der Waals surface area contributed by atoms with E-state index in [1.54, 1.807) is 11.3 Å². The van der Waals surface area contributed by atoms with Crippen LogP contribution in [0, 0.1) is 5.92 Å². The lowest BCUT2D eigenvalue weighted by Crippen LogP contribution is -2.19. The number of nitrogens with two attached hydrogens (primary N) is 1. The average molecular weight is 260 g/mol. The fraction of sp³-hybridized carbons (Fsp3) is 0.600. The first-order chi connectivity index (χ1) is 6.25. The quantitative estimate of drug-likeness (QED) is 0.881. The Morgan fingerprint density at radius 3 is 2.85 bits per heavy atom. The van der Waals surface area contributed by atoms with Crippen molar-refractivity contribution in [3.63, 3.8) is 0 Å². The molecule has 0 aromatic carbocycles. The second-order valence-corrected chi connectivity index (χ2v) is 5.66. The number of hydrogen-bond donors (Lipinski definition) is 1. The van der Waals surface area contributed by atoms with E-state index in [0.29, 0.717) is 0 Å². The molecule has 0 saturated heterocycles. The van der Waals surface area contributed by atoms with E-state index in [1.807, 2.05) is 0 Å². The van der Waals surface area contributed by atoms with E-state index in [4.69, 9.17) is 5.73 Å². The minimum absolute atomic E-state index is 0.265. The summed E-state index contributed by atoms with van der Waals surface area (Å²) in [7, 11) is 0. The fourth-order valence-corrected chi connectivity index (χ4v) is 3.19. The monoisotopic (exact) mass is 259 g/mol. The van der Waals surface area contributed by atoms with Crippen molar-refractivity contribution >= 4 is 27.3 Å².